The second-order valence-corrected chi connectivity index (χ2v) is 9.28. The van der Waals surface area contributed by atoms with Crippen molar-refractivity contribution in [2.75, 3.05) is 27.2 Å². The molecule has 1 heterocycles. The van der Waals surface area contributed by atoms with Crippen LogP contribution in [0.3, 0.4) is 0 Å². The van der Waals surface area contributed by atoms with Gasteiger partial charge in [0.05, 0.1) is 17.7 Å². The lowest BCUT2D eigenvalue weighted by Gasteiger charge is -2.23. The first-order valence-corrected chi connectivity index (χ1v) is 11.4. The number of carbonyl (C=O) groups is 2. The lowest BCUT2D eigenvalue weighted by molar-refractivity contribution is -0.140. The van der Waals surface area contributed by atoms with Crippen molar-refractivity contribution in [3.05, 3.63) is 64.7 Å². The first-order valence-electron chi connectivity index (χ1n) is 9.63. The molecule has 1 aliphatic heterocycles. The molecule has 0 saturated carbocycles. The second kappa shape index (κ2) is 9.78. The van der Waals surface area contributed by atoms with Gasteiger partial charge in [0.15, 0.2) is 0 Å². The van der Waals surface area contributed by atoms with Crippen LogP contribution in [0.4, 0.5) is 0 Å². The fraction of sp³-hybridized carbons (Fsp3) is 0.333. The van der Waals surface area contributed by atoms with E-state index in [0.717, 1.165) is 18.9 Å². The van der Waals surface area contributed by atoms with E-state index in [4.69, 9.17) is 21.2 Å². The van der Waals surface area contributed by atoms with Crippen LogP contribution in [0.15, 0.2) is 53.4 Å². The molecule has 0 N–H and O–H groups in total. The van der Waals surface area contributed by atoms with Crippen molar-refractivity contribution in [1.29, 1.82) is 0 Å². The third-order valence-corrected chi connectivity index (χ3v) is 7.17. The number of amides is 1. The minimum absolute atomic E-state index is 0.0531. The van der Waals surface area contributed by atoms with Crippen molar-refractivity contribution in [1.82, 2.24) is 9.37 Å². The summed E-state index contributed by atoms with van der Waals surface area (Å²) < 4.78 is 31.4. The first-order chi connectivity index (χ1) is 14.8. The van der Waals surface area contributed by atoms with Gasteiger partial charge in [-0.1, -0.05) is 46.4 Å². The summed E-state index contributed by atoms with van der Waals surface area (Å²) in [6.45, 7) is 1.21. The molecule has 1 saturated heterocycles. The Hall–Kier alpha value is -2.46. The number of sulfonamides is 1. The van der Waals surface area contributed by atoms with Crippen LogP contribution < -0.4 is 0 Å². The topological polar surface area (TPSA) is 93.2 Å². The van der Waals surface area contributed by atoms with Gasteiger partial charge < -0.3 is 9.64 Å². The third-order valence-electron chi connectivity index (χ3n) is 5.01. The Bertz CT molecular complexity index is 1050. The van der Waals surface area contributed by atoms with Gasteiger partial charge in [0.25, 0.3) is 15.9 Å². The number of halogens is 1. The molecule has 0 radical (unpaired) electrons. The highest BCUT2D eigenvalue weighted by Gasteiger charge is 2.32. The summed E-state index contributed by atoms with van der Waals surface area (Å²) in [6.07, 6.45) is 0.656. The molecule has 8 nitrogen and oxygen atoms in total. The molecule has 10 heteroatoms. The Morgan fingerprint density at radius 3 is 2.35 bits per heavy atom. The first kappa shape index (κ1) is 23.2. The van der Waals surface area contributed by atoms with E-state index in [1.54, 1.807) is 35.2 Å². The average Bonchev–Trinajstić information content (AvgIpc) is 3.32. The molecule has 0 aliphatic carbocycles. The number of benzene rings is 2. The van der Waals surface area contributed by atoms with Crippen molar-refractivity contribution >= 4 is 33.5 Å². The minimum atomic E-state index is -4.09. The summed E-state index contributed by atoms with van der Waals surface area (Å²) in [4.78, 5) is 32.0. The zero-order valence-electron chi connectivity index (χ0n) is 17.2. The van der Waals surface area contributed by atoms with Gasteiger partial charge in [-0.3, -0.25) is 9.63 Å². The van der Waals surface area contributed by atoms with E-state index >= 15 is 0 Å². The highest BCUT2D eigenvalue weighted by Crippen LogP contribution is 2.28. The van der Waals surface area contributed by atoms with Crippen LogP contribution in [0, 0.1) is 0 Å². The van der Waals surface area contributed by atoms with Gasteiger partial charge >= 0.3 is 5.97 Å². The van der Waals surface area contributed by atoms with Crippen molar-refractivity contribution in [3.63, 3.8) is 0 Å². The van der Waals surface area contributed by atoms with Crippen molar-refractivity contribution in [2.24, 2.45) is 0 Å². The molecule has 2 aromatic rings. The van der Waals surface area contributed by atoms with E-state index in [2.05, 4.69) is 0 Å². The highest BCUT2D eigenvalue weighted by atomic mass is 35.5. The predicted octanol–water partition coefficient (Wildman–Crippen LogP) is 3.04. The van der Waals surface area contributed by atoms with Crippen LogP contribution in [0.2, 0.25) is 5.02 Å². The molecule has 0 aromatic heterocycles. The highest BCUT2D eigenvalue weighted by molar-refractivity contribution is 7.89. The maximum atomic E-state index is 13.0. The molecule has 1 atom stereocenters. The van der Waals surface area contributed by atoms with Gasteiger partial charge in [-0.25, -0.2) is 13.2 Å². The van der Waals surface area contributed by atoms with Crippen LogP contribution in [-0.4, -0.2) is 56.9 Å². The molecule has 31 heavy (non-hydrogen) atoms. The van der Waals surface area contributed by atoms with E-state index < -0.39 is 22.1 Å². The summed E-state index contributed by atoms with van der Waals surface area (Å²) in [5.74, 6) is -1.15. The summed E-state index contributed by atoms with van der Waals surface area (Å²) in [5, 5.41) is -0.0757. The monoisotopic (exact) mass is 466 g/mol. The molecule has 1 unspecified atom stereocenters. The number of carbonyl (C=O) groups excluding carboxylic acids is 2. The van der Waals surface area contributed by atoms with Crippen molar-refractivity contribution in [2.45, 2.75) is 23.8 Å². The van der Waals surface area contributed by atoms with Gasteiger partial charge in [0.1, 0.15) is 4.90 Å². The minimum Gasteiger partial charge on any atom is -0.444 e. The summed E-state index contributed by atoms with van der Waals surface area (Å²) in [7, 11) is -1.69. The number of rotatable bonds is 7. The van der Waals surface area contributed by atoms with Crippen molar-refractivity contribution in [3.8, 4) is 0 Å². The zero-order chi connectivity index (χ0) is 22.6. The number of esters is 1. The summed E-state index contributed by atoms with van der Waals surface area (Å²) >= 11 is 6.05. The summed E-state index contributed by atoms with van der Waals surface area (Å²) in [6, 6.07) is 12.5. The van der Waals surface area contributed by atoms with Crippen LogP contribution in [0.25, 0.3) is 0 Å². The zero-order valence-corrected chi connectivity index (χ0v) is 18.7. The number of likely N-dealkylation sites (tertiary alicyclic amines) is 1. The van der Waals surface area contributed by atoms with Crippen molar-refractivity contribution < 1.29 is 27.6 Å². The standard InChI is InChI=1S/C21H23ClN2O6S/c1-23(29-2)31(27,28)18-14-16(10-11-17(18)22)21(26)30-19(15-8-4-3-5-9-15)20(25)24-12-6-7-13-24/h3-5,8-11,14,19H,6-7,12-13H2,1-2H3. The predicted molar refractivity (Wildman–Crippen MR) is 114 cm³/mol. The third kappa shape index (κ3) is 5.07. The lowest BCUT2D eigenvalue weighted by atomic mass is 10.1. The Labute approximate surface area is 186 Å². The Morgan fingerprint density at radius 2 is 1.74 bits per heavy atom. The fourth-order valence-corrected chi connectivity index (χ4v) is 4.71. The molecular formula is C21H23ClN2O6S. The van der Waals surface area contributed by atoms with Crippen LogP contribution in [-0.2, 0) is 24.4 Å². The Balaban J connectivity index is 1.92. The van der Waals surface area contributed by atoms with E-state index in [1.165, 1.54) is 26.3 Å². The SMILES string of the molecule is CON(C)S(=O)(=O)c1cc(C(=O)OC(C(=O)N2CCCC2)c2ccccc2)ccc1Cl. The van der Waals surface area contributed by atoms with Crippen LogP contribution >= 0.6 is 11.6 Å². The number of nitrogens with zero attached hydrogens (tertiary/aromatic N) is 2. The molecule has 1 fully saturated rings. The summed E-state index contributed by atoms with van der Waals surface area (Å²) in [5.41, 5.74) is 0.483. The number of hydroxylamine groups is 1. The number of hydrogen-bond acceptors (Lipinski definition) is 6. The average molecular weight is 467 g/mol. The number of ether oxygens (including phenoxy) is 1. The second-order valence-electron chi connectivity index (χ2n) is 6.97. The Morgan fingerprint density at radius 1 is 1.10 bits per heavy atom. The van der Waals surface area contributed by atoms with Crippen LogP contribution in [0.1, 0.15) is 34.9 Å². The lowest BCUT2D eigenvalue weighted by Crippen LogP contribution is -2.35. The molecule has 166 valence electrons. The van der Waals surface area contributed by atoms with Gasteiger partial charge in [0, 0.05) is 25.7 Å². The Kier molecular flexibility index (Phi) is 7.32. The molecule has 0 bridgehead atoms. The van der Waals surface area contributed by atoms with Gasteiger partial charge in [0.2, 0.25) is 6.10 Å². The molecule has 3 rings (SSSR count). The van der Waals surface area contributed by atoms with E-state index in [1.807, 2.05) is 0 Å². The van der Waals surface area contributed by atoms with Gasteiger partial charge in [-0.15, -0.1) is 0 Å². The molecular weight excluding hydrogens is 444 g/mol. The molecule has 1 aliphatic rings. The molecule has 1 amide bonds. The van der Waals surface area contributed by atoms with E-state index in [9.17, 15) is 18.0 Å². The maximum absolute atomic E-state index is 13.0. The molecule has 0 spiro atoms. The van der Waals surface area contributed by atoms with Crippen LogP contribution in [0.5, 0.6) is 0 Å². The largest absolute Gasteiger partial charge is 0.444 e. The van der Waals surface area contributed by atoms with E-state index in [0.29, 0.717) is 23.1 Å². The quantitative estimate of drug-likeness (QED) is 0.460. The smallest absolute Gasteiger partial charge is 0.339 e. The molecule has 2 aromatic carbocycles. The normalized spacial score (nSPS) is 15.2. The maximum Gasteiger partial charge on any atom is 0.339 e. The fourth-order valence-electron chi connectivity index (χ4n) is 3.23. The van der Waals surface area contributed by atoms with Gasteiger partial charge in [-0.05, 0) is 31.0 Å². The van der Waals surface area contributed by atoms with E-state index in [-0.39, 0.29) is 21.4 Å². The number of hydrogen-bond donors (Lipinski definition) is 0. The van der Waals surface area contributed by atoms with Gasteiger partial charge in [-0.2, -0.15) is 0 Å².